The molecule has 2 fully saturated rings. The normalized spacial score (nSPS) is 28.6. The van der Waals surface area contributed by atoms with Gasteiger partial charge in [-0.3, -0.25) is 4.79 Å². The number of rotatable bonds is 3. The van der Waals surface area contributed by atoms with Crippen LogP contribution in [-0.2, 0) is 11.3 Å². The number of H-pyrrole nitrogens is 1. The lowest BCUT2D eigenvalue weighted by Gasteiger charge is -2.39. The molecule has 2 heterocycles. The third kappa shape index (κ3) is 2.21. The van der Waals surface area contributed by atoms with Crippen molar-refractivity contribution in [1.82, 2.24) is 20.6 Å². The molecule has 1 aliphatic heterocycles. The molecule has 1 aromatic heterocycles. The van der Waals surface area contributed by atoms with E-state index in [2.05, 4.69) is 32.7 Å². The van der Waals surface area contributed by atoms with Crippen molar-refractivity contribution in [2.75, 3.05) is 0 Å². The van der Waals surface area contributed by atoms with Crippen LogP contribution in [0.25, 0.3) is 11.0 Å². The number of carbonyl (C=O) groups is 1. The highest BCUT2D eigenvalue weighted by molar-refractivity contribution is 5.81. The number of imidazole rings is 1. The second-order valence-electron chi connectivity index (χ2n) is 6.31. The van der Waals surface area contributed by atoms with Gasteiger partial charge < -0.3 is 15.6 Å². The van der Waals surface area contributed by atoms with Crippen LogP contribution in [0.15, 0.2) is 24.5 Å². The topological polar surface area (TPSA) is 69.8 Å². The average Bonchev–Trinajstić information content (AvgIpc) is 3.07. The molecule has 1 aliphatic carbocycles. The van der Waals surface area contributed by atoms with Gasteiger partial charge in [-0.1, -0.05) is 18.9 Å². The Bertz CT molecular complexity index is 680. The van der Waals surface area contributed by atoms with E-state index in [1.807, 2.05) is 6.07 Å². The van der Waals surface area contributed by atoms with E-state index < -0.39 is 0 Å². The van der Waals surface area contributed by atoms with Crippen LogP contribution < -0.4 is 10.6 Å². The van der Waals surface area contributed by atoms with Crippen molar-refractivity contribution in [2.45, 2.75) is 50.2 Å². The second kappa shape index (κ2) is 4.84. The zero-order chi connectivity index (χ0) is 14.3. The van der Waals surface area contributed by atoms with Gasteiger partial charge in [0.05, 0.1) is 17.4 Å². The minimum atomic E-state index is -0.0434. The van der Waals surface area contributed by atoms with Crippen molar-refractivity contribution in [3.8, 4) is 0 Å². The first-order valence-electron chi connectivity index (χ1n) is 7.72. The summed E-state index contributed by atoms with van der Waals surface area (Å²) in [6, 6.07) is 6.58. The lowest BCUT2D eigenvalue weighted by Crippen LogP contribution is -2.55. The molecule has 110 valence electrons. The first-order valence-corrected chi connectivity index (χ1v) is 7.72. The number of carbonyl (C=O) groups excluding carboxylic acids is 1. The van der Waals surface area contributed by atoms with Gasteiger partial charge in [-0.05, 0) is 30.5 Å². The largest absolute Gasteiger partial charge is 0.351 e. The van der Waals surface area contributed by atoms with Crippen molar-refractivity contribution < 1.29 is 4.79 Å². The fourth-order valence-corrected chi connectivity index (χ4v) is 3.84. The summed E-state index contributed by atoms with van der Waals surface area (Å²) in [5, 5.41) is 6.82. The highest BCUT2D eigenvalue weighted by atomic mass is 16.2. The van der Waals surface area contributed by atoms with Gasteiger partial charge in [-0.2, -0.15) is 0 Å². The maximum atomic E-state index is 11.8. The fraction of sp³-hybridized carbons (Fsp3) is 0.500. The first kappa shape index (κ1) is 12.8. The van der Waals surface area contributed by atoms with Gasteiger partial charge in [0.1, 0.15) is 0 Å². The molecule has 5 heteroatoms. The van der Waals surface area contributed by atoms with Crippen LogP contribution in [0.2, 0.25) is 0 Å². The van der Waals surface area contributed by atoms with Crippen LogP contribution in [0.3, 0.4) is 0 Å². The van der Waals surface area contributed by atoms with Gasteiger partial charge in [0.15, 0.2) is 0 Å². The van der Waals surface area contributed by atoms with E-state index in [9.17, 15) is 4.79 Å². The number of nitrogens with zero attached hydrogens (tertiary/aromatic N) is 1. The predicted molar refractivity (Wildman–Crippen MR) is 80.7 cm³/mol. The number of fused-ring (bicyclic) bond motifs is 2. The van der Waals surface area contributed by atoms with Gasteiger partial charge in [-0.25, -0.2) is 4.98 Å². The predicted octanol–water partition coefficient (Wildman–Crippen LogP) is 1.85. The third-order valence-electron chi connectivity index (χ3n) is 4.97. The average molecular weight is 284 g/mol. The molecule has 3 N–H and O–H groups in total. The van der Waals surface area contributed by atoms with Crippen molar-refractivity contribution >= 4 is 16.9 Å². The highest BCUT2D eigenvalue weighted by Gasteiger charge is 2.47. The molecule has 1 amide bonds. The van der Waals surface area contributed by atoms with Crippen LogP contribution >= 0.6 is 0 Å². The SMILES string of the molecule is O=C1C[C@]2(NCc3ccc4nc[nH]c4c3)CCCC[C@@H]2N1. The second-order valence-corrected chi connectivity index (χ2v) is 6.31. The third-order valence-corrected chi connectivity index (χ3v) is 4.97. The van der Waals surface area contributed by atoms with Gasteiger partial charge in [0.25, 0.3) is 0 Å². The van der Waals surface area contributed by atoms with Crippen molar-refractivity contribution in [2.24, 2.45) is 0 Å². The number of aromatic amines is 1. The van der Waals surface area contributed by atoms with Gasteiger partial charge >= 0.3 is 0 Å². The molecule has 0 unspecified atom stereocenters. The maximum Gasteiger partial charge on any atom is 0.222 e. The molecule has 21 heavy (non-hydrogen) atoms. The molecule has 4 rings (SSSR count). The van der Waals surface area contributed by atoms with E-state index in [0.29, 0.717) is 12.5 Å². The Morgan fingerprint density at radius 3 is 3.29 bits per heavy atom. The summed E-state index contributed by atoms with van der Waals surface area (Å²) in [5.74, 6) is 0.193. The highest BCUT2D eigenvalue weighted by Crippen LogP contribution is 2.35. The summed E-state index contributed by atoms with van der Waals surface area (Å²) in [6.45, 7) is 0.792. The number of benzene rings is 1. The Hall–Kier alpha value is -1.88. The van der Waals surface area contributed by atoms with E-state index in [1.54, 1.807) is 6.33 Å². The Balaban J connectivity index is 1.53. The smallest absolute Gasteiger partial charge is 0.222 e. The van der Waals surface area contributed by atoms with Crippen molar-refractivity contribution in [3.63, 3.8) is 0 Å². The van der Waals surface area contributed by atoms with E-state index in [-0.39, 0.29) is 11.4 Å². The van der Waals surface area contributed by atoms with Crippen LogP contribution in [0.5, 0.6) is 0 Å². The lowest BCUT2D eigenvalue weighted by molar-refractivity contribution is -0.119. The molecule has 0 spiro atoms. The van der Waals surface area contributed by atoms with Crippen LogP contribution in [0.1, 0.15) is 37.7 Å². The van der Waals surface area contributed by atoms with E-state index in [0.717, 1.165) is 30.4 Å². The molecule has 0 radical (unpaired) electrons. The van der Waals surface area contributed by atoms with Gasteiger partial charge in [-0.15, -0.1) is 0 Å². The van der Waals surface area contributed by atoms with Crippen molar-refractivity contribution in [1.29, 1.82) is 0 Å². The molecular weight excluding hydrogens is 264 g/mol. The van der Waals surface area contributed by atoms with Crippen LogP contribution in [-0.4, -0.2) is 27.5 Å². The Labute approximate surface area is 123 Å². The molecule has 1 aromatic carbocycles. The summed E-state index contributed by atoms with van der Waals surface area (Å²) in [7, 11) is 0. The zero-order valence-corrected chi connectivity index (χ0v) is 12.0. The minimum absolute atomic E-state index is 0.0434. The maximum absolute atomic E-state index is 11.8. The molecule has 5 nitrogen and oxygen atoms in total. The molecule has 1 saturated carbocycles. The van der Waals surface area contributed by atoms with E-state index in [4.69, 9.17) is 0 Å². The summed E-state index contributed by atoms with van der Waals surface area (Å²) in [4.78, 5) is 19.2. The summed E-state index contributed by atoms with van der Waals surface area (Å²) in [6.07, 6.45) is 6.94. The Kier molecular flexibility index (Phi) is 2.96. The fourth-order valence-electron chi connectivity index (χ4n) is 3.84. The van der Waals surface area contributed by atoms with E-state index >= 15 is 0 Å². The molecule has 2 aromatic rings. The number of aromatic nitrogens is 2. The van der Waals surface area contributed by atoms with E-state index in [1.165, 1.54) is 18.4 Å². The van der Waals surface area contributed by atoms with Crippen LogP contribution in [0, 0.1) is 0 Å². The minimum Gasteiger partial charge on any atom is -0.351 e. The summed E-state index contributed by atoms with van der Waals surface area (Å²) in [5.41, 5.74) is 3.24. The Morgan fingerprint density at radius 2 is 2.33 bits per heavy atom. The molecular formula is C16H20N4O. The molecule has 2 aliphatic rings. The molecule has 1 saturated heterocycles. The summed E-state index contributed by atoms with van der Waals surface area (Å²) < 4.78 is 0. The molecule has 2 atom stereocenters. The number of hydrogen-bond donors (Lipinski definition) is 3. The number of nitrogens with one attached hydrogen (secondary N) is 3. The molecule has 0 bridgehead atoms. The lowest BCUT2D eigenvalue weighted by atomic mass is 9.78. The van der Waals surface area contributed by atoms with Gasteiger partial charge in [0, 0.05) is 24.5 Å². The van der Waals surface area contributed by atoms with Crippen molar-refractivity contribution in [3.05, 3.63) is 30.1 Å². The first-order chi connectivity index (χ1) is 10.3. The monoisotopic (exact) mass is 284 g/mol. The zero-order valence-electron chi connectivity index (χ0n) is 12.0. The van der Waals surface area contributed by atoms with Gasteiger partial charge in [0.2, 0.25) is 5.91 Å². The number of hydrogen-bond acceptors (Lipinski definition) is 3. The van der Waals surface area contributed by atoms with Crippen LogP contribution in [0.4, 0.5) is 0 Å². The quantitative estimate of drug-likeness (QED) is 0.805. The Morgan fingerprint density at radius 1 is 1.38 bits per heavy atom. The summed E-state index contributed by atoms with van der Waals surface area (Å²) >= 11 is 0. The standard InChI is InChI=1S/C16H20N4O/c21-15-8-16(6-2-1-3-14(16)20-15)19-9-11-4-5-12-13(7-11)18-10-17-12/h4-5,7,10,14,19H,1-3,6,8-9H2,(H,17,18)(H,20,21)/t14-,16+/m0/s1. The number of amides is 1.